The van der Waals surface area contributed by atoms with Gasteiger partial charge in [0.1, 0.15) is 0 Å². The van der Waals surface area contributed by atoms with Gasteiger partial charge in [-0.15, -0.1) is 0 Å². The second kappa shape index (κ2) is 4.35. The Bertz CT molecular complexity index is 277. The molecule has 3 heteroatoms. The highest BCUT2D eigenvalue weighted by Gasteiger charge is 2.34. The molecule has 84 valence electrons. The zero-order valence-corrected chi connectivity index (χ0v) is 9.62. The van der Waals surface area contributed by atoms with Gasteiger partial charge in [-0.05, 0) is 33.1 Å². The van der Waals surface area contributed by atoms with E-state index in [1.165, 1.54) is 12.8 Å². The number of allylic oxidation sites excluding steroid dienone is 1. The first-order chi connectivity index (χ1) is 7.15. The monoisotopic (exact) mass is 208 g/mol. The number of likely N-dealkylation sites (tertiary alicyclic amines) is 1. The van der Waals surface area contributed by atoms with Crippen LogP contribution in [0.15, 0.2) is 11.6 Å². The summed E-state index contributed by atoms with van der Waals surface area (Å²) in [5, 5.41) is 3.07. The molecule has 0 aromatic rings. The third-order valence-corrected chi connectivity index (χ3v) is 3.05. The van der Waals surface area contributed by atoms with Gasteiger partial charge >= 0.3 is 0 Å². The van der Waals surface area contributed by atoms with E-state index < -0.39 is 0 Å². The van der Waals surface area contributed by atoms with Crippen LogP contribution in [0.3, 0.4) is 0 Å². The Kier molecular flexibility index (Phi) is 3.10. The van der Waals surface area contributed by atoms with Crippen molar-refractivity contribution in [1.82, 2.24) is 10.2 Å². The summed E-state index contributed by atoms with van der Waals surface area (Å²) >= 11 is 0. The maximum atomic E-state index is 11.5. The minimum atomic E-state index is 0.0673. The molecule has 3 nitrogen and oxygen atoms in total. The van der Waals surface area contributed by atoms with Crippen molar-refractivity contribution in [1.29, 1.82) is 0 Å². The fraction of sp³-hybridized carbons (Fsp3) is 0.750. The second-order valence-corrected chi connectivity index (χ2v) is 4.94. The van der Waals surface area contributed by atoms with Crippen LogP contribution >= 0.6 is 0 Å². The zero-order valence-electron chi connectivity index (χ0n) is 9.62. The summed E-state index contributed by atoms with van der Waals surface area (Å²) in [5.41, 5.74) is 1.06. The van der Waals surface area contributed by atoms with Gasteiger partial charge in [-0.1, -0.05) is 5.57 Å². The van der Waals surface area contributed by atoms with Crippen molar-refractivity contribution in [3.8, 4) is 0 Å². The predicted molar refractivity (Wildman–Crippen MR) is 60.6 cm³/mol. The van der Waals surface area contributed by atoms with E-state index in [-0.39, 0.29) is 5.91 Å². The summed E-state index contributed by atoms with van der Waals surface area (Å²) in [6.07, 6.45) is 5.50. The molecule has 0 aromatic carbocycles. The van der Waals surface area contributed by atoms with E-state index in [9.17, 15) is 4.79 Å². The molecule has 2 rings (SSSR count). The molecule has 1 unspecified atom stereocenters. The van der Waals surface area contributed by atoms with Crippen molar-refractivity contribution in [3.05, 3.63) is 11.6 Å². The molecule has 1 aliphatic heterocycles. The number of rotatable bonds is 3. The third-order valence-electron chi connectivity index (χ3n) is 3.05. The molecule has 0 bridgehead atoms. The Morgan fingerprint density at radius 1 is 1.33 bits per heavy atom. The lowest BCUT2D eigenvalue weighted by Gasteiger charge is -2.15. The Labute approximate surface area is 91.5 Å². The molecule has 1 atom stereocenters. The highest BCUT2D eigenvalue weighted by Crippen LogP contribution is 2.29. The SMILES string of the molecule is CC(C)=CC(=O)NC1CCN(C2CC2)C1. The van der Waals surface area contributed by atoms with Crippen molar-refractivity contribution in [2.24, 2.45) is 0 Å². The van der Waals surface area contributed by atoms with E-state index in [1.54, 1.807) is 6.08 Å². The summed E-state index contributed by atoms with van der Waals surface area (Å²) in [6.45, 7) is 6.10. The molecule has 1 N–H and O–H groups in total. The first kappa shape index (κ1) is 10.7. The molecule has 1 amide bonds. The van der Waals surface area contributed by atoms with Gasteiger partial charge in [0, 0.05) is 31.2 Å². The Morgan fingerprint density at radius 3 is 2.67 bits per heavy atom. The molecule has 0 radical (unpaired) electrons. The van der Waals surface area contributed by atoms with Crippen LogP contribution in [0.4, 0.5) is 0 Å². The molecule has 0 spiro atoms. The lowest BCUT2D eigenvalue weighted by molar-refractivity contribution is -0.117. The molecular formula is C12H20N2O. The highest BCUT2D eigenvalue weighted by atomic mass is 16.1. The van der Waals surface area contributed by atoms with E-state index in [4.69, 9.17) is 0 Å². The van der Waals surface area contributed by atoms with Crippen molar-refractivity contribution in [2.45, 2.75) is 45.2 Å². The summed E-state index contributed by atoms with van der Waals surface area (Å²) in [5.74, 6) is 0.0673. The molecule has 1 aliphatic carbocycles. The van der Waals surface area contributed by atoms with E-state index in [2.05, 4.69) is 10.2 Å². The maximum absolute atomic E-state index is 11.5. The second-order valence-electron chi connectivity index (χ2n) is 4.94. The van der Waals surface area contributed by atoms with Crippen LogP contribution < -0.4 is 5.32 Å². The third kappa shape index (κ3) is 3.06. The Morgan fingerprint density at radius 2 is 2.07 bits per heavy atom. The van der Waals surface area contributed by atoms with Gasteiger partial charge in [0.15, 0.2) is 0 Å². The van der Waals surface area contributed by atoms with Crippen molar-refractivity contribution in [3.63, 3.8) is 0 Å². The zero-order chi connectivity index (χ0) is 10.8. The standard InChI is InChI=1S/C12H20N2O/c1-9(2)7-12(15)13-10-5-6-14(8-10)11-3-4-11/h7,10-11H,3-6,8H2,1-2H3,(H,13,15). The summed E-state index contributed by atoms with van der Waals surface area (Å²) in [4.78, 5) is 14.0. The van der Waals surface area contributed by atoms with Gasteiger partial charge in [-0.25, -0.2) is 0 Å². The molecule has 15 heavy (non-hydrogen) atoms. The minimum Gasteiger partial charge on any atom is -0.348 e. The lowest BCUT2D eigenvalue weighted by atomic mass is 10.2. The van der Waals surface area contributed by atoms with Crippen LogP contribution in [0.5, 0.6) is 0 Å². The number of hydrogen-bond donors (Lipinski definition) is 1. The van der Waals surface area contributed by atoms with Gasteiger partial charge in [-0.2, -0.15) is 0 Å². The molecule has 1 saturated heterocycles. The molecule has 2 fully saturated rings. The summed E-state index contributed by atoms with van der Waals surface area (Å²) in [7, 11) is 0. The minimum absolute atomic E-state index is 0.0673. The average Bonchev–Trinajstić information content (AvgIpc) is 2.87. The van der Waals surface area contributed by atoms with Crippen LogP contribution in [0.25, 0.3) is 0 Å². The van der Waals surface area contributed by atoms with Gasteiger partial charge in [0.25, 0.3) is 0 Å². The smallest absolute Gasteiger partial charge is 0.244 e. The van der Waals surface area contributed by atoms with Crippen molar-refractivity contribution >= 4 is 5.91 Å². The first-order valence-corrected chi connectivity index (χ1v) is 5.84. The average molecular weight is 208 g/mol. The quantitative estimate of drug-likeness (QED) is 0.709. The number of nitrogens with zero attached hydrogens (tertiary/aromatic N) is 1. The largest absolute Gasteiger partial charge is 0.348 e. The van der Waals surface area contributed by atoms with Crippen molar-refractivity contribution < 1.29 is 4.79 Å². The Hall–Kier alpha value is -0.830. The van der Waals surface area contributed by atoms with Crippen LogP contribution in [0.2, 0.25) is 0 Å². The fourth-order valence-electron chi connectivity index (χ4n) is 2.18. The first-order valence-electron chi connectivity index (χ1n) is 5.84. The van der Waals surface area contributed by atoms with E-state index in [0.717, 1.165) is 31.1 Å². The fourth-order valence-corrected chi connectivity index (χ4v) is 2.18. The van der Waals surface area contributed by atoms with Crippen LogP contribution in [0.1, 0.15) is 33.1 Å². The van der Waals surface area contributed by atoms with Gasteiger partial charge in [0.05, 0.1) is 0 Å². The summed E-state index contributed by atoms with van der Waals surface area (Å²) in [6, 6.07) is 1.20. The van der Waals surface area contributed by atoms with Crippen LogP contribution in [0, 0.1) is 0 Å². The van der Waals surface area contributed by atoms with Crippen LogP contribution in [-0.4, -0.2) is 36.0 Å². The molecular weight excluding hydrogens is 188 g/mol. The number of amides is 1. The molecule has 0 aromatic heterocycles. The van der Waals surface area contributed by atoms with Gasteiger partial charge in [-0.3, -0.25) is 9.69 Å². The van der Waals surface area contributed by atoms with E-state index in [1.807, 2.05) is 13.8 Å². The van der Waals surface area contributed by atoms with E-state index in [0.29, 0.717) is 6.04 Å². The van der Waals surface area contributed by atoms with Gasteiger partial charge in [0.2, 0.25) is 5.91 Å². The maximum Gasteiger partial charge on any atom is 0.244 e. The number of nitrogens with one attached hydrogen (secondary N) is 1. The lowest BCUT2D eigenvalue weighted by Crippen LogP contribution is -2.36. The van der Waals surface area contributed by atoms with Crippen molar-refractivity contribution in [2.75, 3.05) is 13.1 Å². The van der Waals surface area contributed by atoms with Crippen LogP contribution in [-0.2, 0) is 4.79 Å². The molecule has 1 saturated carbocycles. The Balaban J connectivity index is 1.76. The molecule has 1 heterocycles. The number of hydrogen-bond acceptors (Lipinski definition) is 2. The number of carbonyl (C=O) groups excluding carboxylic acids is 1. The van der Waals surface area contributed by atoms with Gasteiger partial charge < -0.3 is 5.32 Å². The normalized spacial score (nSPS) is 26.4. The topological polar surface area (TPSA) is 32.3 Å². The highest BCUT2D eigenvalue weighted by molar-refractivity contribution is 5.88. The summed E-state index contributed by atoms with van der Waals surface area (Å²) < 4.78 is 0. The number of carbonyl (C=O) groups is 1. The predicted octanol–water partition coefficient (Wildman–Crippen LogP) is 1.31. The van der Waals surface area contributed by atoms with E-state index >= 15 is 0 Å². The molecule has 2 aliphatic rings.